The van der Waals surface area contributed by atoms with Crippen molar-refractivity contribution in [3.63, 3.8) is 0 Å². The van der Waals surface area contributed by atoms with E-state index >= 15 is 0 Å². The monoisotopic (exact) mass is 952 g/mol. The molecule has 67 heavy (non-hydrogen) atoms. The van der Waals surface area contributed by atoms with Gasteiger partial charge in [0, 0.05) is 69.5 Å². The van der Waals surface area contributed by atoms with Gasteiger partial charge in [0.05, 0.1) is 23.8 Å². The number of aliphatic hydroxyl groups excluding tert-OH is 1. The molecule has 352 valence electrons. The summed E-state index contributed by atoms with van der Waals surface area (Å²) in [7, 11) is 0. The Bertz CT molecular complexity index is 2410. The summed E-state index contributed by atoms with van der Waals surface area (Å²) in [6.45, 7) is 4.64. The van der Waals surface area contributed by atoms with Crippen LogP contribution in [-0.4, -0.2) is 87.9 Å². The van der Waals surface area contributed by atoms with E-state index < -0.39 is 60.7 Å². The maximum absolute atomic E-state index is 12.3. The number of hydrogen-bond acceptors (Lipinski definition) is 16. The van der Waals surface area contributed by atoms with Crippen molar-refractivity contribution in [1.82, 2.24) is 10.3 Å². The van der Waals surface area contributed by atoms with Crippen molar-refractivity contribution >= 4 is 52.8 Å². The fourth-order valence-electron chi connectivity index (χ4n) is 7.86. The highest BCUT2D eigenvalue weighted by Crippen LogP contribution is 2.41. The predicted molar refractivity (Wildman–Crippen MR) is 249 cm³/mol. The van der Waals surface area contributed by atoms with E-state index in [9.17, 15) is 24.3 Å². The van der Waals surface area contributed by atoms with E-state index in [-0.39, 0.29) is 31.8 Å². The van der Waals surface area contributed by atoms with Gasteiger partial charge in [-0.3, -0.25) is 19.2 Å². The van der Waals surface area contributed by atoms with E-state index in [2.05, 4.69) is 5.32 Å². The van der Waals surface area contributed by atoms with Crippen LogP contribution in [0.4, 0.5) is 0 Å². The molecule has 8 unspecified atom stereocenters. The van der Waals surface area contributed by atoms with Gasteiger partial charge in [-0.2, -0.15) is 0 Å². The Hall–Kier alpha value is -5.95. The second-order valence-corrected chi connectivity index (χ2v) is 17.5. The molecule has 4 aromatic carbocycles. The molecule has 0 radical (unpaired) electrons. The van der Waals surface area contributed by atoms with Crippen LogP contribution in [0.25, 0.3) is 22.6 Å². The smallest absolute Gasteiger partial charge is 0.303 e. The first kappa shape index (κ1) is 49.0. The van der Waals surface area contributed by atoms with Gasteiger partial charge in [0.1, 0.15) is 24.5 Å². The normalized spacial score (nSPS) is 22.5. The number of esters is 4. The van der Waals surface area contributed by atoms with Crippen LogP contribution in [0.2, 0.25) is 0 Å². The minimum Gasteiger partial charge on any atom is -0.463 e. The molecule has 15 nitrogen and oxygen atoms in total. The maximum atomic E-state index is 12.3. The number of thioether (sulfide) groups is 1. The van der Waals surface area contributed by atoms with Crippen LogP contribution < -0.4 is 5.32 Å². The molecule has 0 aliphatic carbocycles. The zero-order chi connectivity index (χ0) is 47.5. The Labute approximate surface area is 397 Å². The molecule has 5 aromatic rings. The molecule has 17 heteroatoms. The van der Waals surface area contributed by atoms with Gasteiger partial charge in [0.15, 0.2) is 30.4 Å². The van der Waals surface area contributed by atoms with Crippen molar-refractivity contribution < 1.29 is 61.9 Å². The van der Waals surface area contributed by atoms with Crippen LogP contribution in [0.3, 0.4) is 0 Å². The summed E-state index contributed by atoms with van der Waals surface area (Å²) in [5.74, 6) is -1.51. The molecule has 8 atom stereocenters. The summed E-state index contributed by atoms with van der Waals surface area (Å²) in [5.41, 5.74) is 6.07. The first-order chi connectivity index (χ1) is 32.3. The number of ether oxygens (including phenoxy) is 7. The lowest BCUT2D eigenvalue weighted by atomic mass is 9.92. The molecule has 2 fully saturated rings. The van der Waals surface area contributed by atoms with Crippen LogP contribution in [0, 0.1) is 0 Å². The predicted octanol–water partition coefficient (Wildman–Crippen LogP) is 7.77. The zero-order valence-corrected chi connectivity index (χ0v) is 39.0. The number of rotatable bonds is 17. The number of benzene rings is 4. The second kappa shape index (κ2) is 23.2. The van der Waals surface area contributed by atoms with Gasteiger partial charge in [-0.05, 0) is 16.7 Å². The topological polar surface area (TPSA) is 191 Å². The molecule has 0 saturated carbocycles. The molecule has 3 heterocycles. The summed E-state index contributed by atoms with van der Waals surface area (Å²) in [6.07, 6.45) is -6.53. The number of aliphatic hydroxyl groups is 1. The van der Waals surface area contributed by atoms with Crippen LogP contribution >= 0.6 is 24.0 Å². The number of carbonyl (C=O) groups is 4. The van der Waals surface area contributed by atoms with E-state index in [0.717, 1.165) is 46.0 Å². The van der Waals surface area contributed by atoms with Crippen LogP contribution in [-0.2, 0) is 65.5 Å². The zero-order valence-electron chi connectivity index (χ0n) is 37.4. The van der Waals surface area contributed by atoms with Gasteiger partial charge in [-0.15, -0.1) is 0 Å². The molecule has 1 aromatic heterocycles. The minimum atomic E-state index is -1.29. The highest BCUT2D eigenvalue weighted by atomic mass is 32.2. The third-order valence-electron chi connectivity index (χ3n) is 10.9. The number of carbonyl (C=O) groups excluding carboxylic acids is 4. The summed E-state index contributed by atoms with van der Waals surface area (Å²) >= 11 is 7.21. The SMILES string of the molecule is CC(=O)OCC1OC(CC(=S)NCc2ccc(C3OC(CSc4nc(-c5ccccc5)c(-c5ccccc5)o4)CC(c4ccc(CO)cc4)O3)cc2)C(OC(C)=O)C(OC(C)=O)C1OC(C)=O. The molecular weight excluding hydrogens is 901 g/mol. The number of nitrogens with zero attached hydrogens (tertiary/aromatic N) is 1. The molecule has 2 aliphatic heterocycles. The van der Waals surface area contributed by atoms with E-state index in [0.29, 0.717) is 34.7 Å². The highest BCUT2D eigenvalue weighted by molar-refractivity contribution is 7.99. The summed E-state index contributed by atoms with van der Waals surface area (Å²) in [5, 5.41) is 13.4. The first-order valence-electron chi connectivity index (χ1n) is 21.7. The van der Waals surface area contributed by atoms with Crippen molar-refractivity contribution in [2.24, 2.45) is 0 Å². The fraction of sp³-hybridized carbons (Fsp3) is 0.360. The average molecular weight is 953 g/mol. The minimum absolute atomic E-state index is 0.00494. The van der Waals surface area contributed by atoms with Gasteiger partial charge in [0.2, 0.25) is 0 Å². The van der Waals surface area contributed by atoms with Gasteiger partial charge < -0.3 is 48.0 Å². The molecule has 7 rings (SSSR count). The fourth-order valence-corrected chi connectivity index (χ4v) is 8.93. The third-order valence-corrected chi connectivity index (χ3v) is 12.2. The Morgan fingerprint density at radius 3 is 1.90 bits per heavy atom. The molecule has 2 aliphatic rings. The quantitative estimate of drug-likeness (QED) is 0.0397. The van der Waals surface area contributed by atoms with Crippen LogP contribution in [0.15, 0.2) is 119 Å². The molecule has 0 amide bonds. The lowest BCUT2D eigenvalue weighted by Crippen LogP contribution is -2.62. The van der Waals surface area contributed by atoms with Crippen molar-refractivity contribution in [2.45, 2.75) is 108 Å². The van der Waals surface area contributed by atoms with Crippen molar-refractivity contribution in [1.29, 1.82) is 0 Å². The number of oxazole rings is 1. The Kier molecular flexibility index (Phi) is 16.9. The molecule has 2 N–H and O–H groups in total. The van der Waals surface area contributed by atoms with E-state index in [1.54, 1.807) is 0 Å². The number of nitrogens with one attached hydrogen (secondary N) is 1. The van der Waals surface area contributed by atoms with Crippen LogP contribution in [0.1, 0.15) is 75.2 Å². The lowest BCUT2D eigenvalue weighted by Gasteiger charge is -2.44. The van der Waals surface area contributed by atoms with Gasteiger partial charge in [0.25, 0.3) is 5.22 Å². The van der Waals surface area contributed by atoms with Gasteiger partial charge >= 0.3 is 23.9 Å². The van der Waals surface area contributed by atoms with Crippen LogP contribution in [0.5, 0.6) is 0 Å². The number of aromatic nitrogens is 1. The largest absolute Gasteiger partial charge is 0.463 e. The first-order valence-corrected chi connectivity index (χ1v) is 23.1. The Morgan fingerprint density at radius 2 is 1.28 bits per heavy atom. The van der Waals surface area contributed by atoms with E-state index in [1.165, 1.54) is 32.5 Å². The second-order valence-electron chi connectivity index (χ2n) is 16.0. The summed E-state index contributed by atoms with van der Waals surface area (Å²) < 4.78 is 47.7. The van der Waals surface area contributed by atoms with Gasteiger partial charge in [-0.1, -0.05) is 133 Å². The van der Waals surface area contributed by atoms with Crippen molar-refractivity contribution in [2.75, 3.05) is 12.4 Å². The molecule has 2 saturated heterocycles. The van der Waals surface area contributed by atoms with Gasteiger partial charge in [-0.25, -0.2) is 4.98 Å². The molecule has 0 bridgehead atoms. The lowest BCUT2D eigenvalue weighted by molar-refractivity contribution is -0.251. The highest BCUT2D eigenvalue weighted by Gasteiger charge is 2.52. The Morgan fingerprint density at radius 1 is 0.701 bits per heavy atom. The van der Waals surface area contributed by atoms with E-state index in [1.807, 2.05) is 109 Å². The summed E-state index contributed by atoms with van der Waals surface area (Å²) in [4.78, 5) is 53.7. The van der Waals surface area contributed by atoms with Crippen molar-refractivity contribution in [3.8, 4) is 22.6 Å². The maximum Gasteiger partial charge on any atom is 0.303 e. The summed E-state index contributed by atoms with van der Waals surface area (Å²) in [6, 6.07) is 35.3. The molecular formula is C50H52N2O13S2. The Balaban J connectivity index is 1.04. The van der Waals surface area contributed by atoms with Crippen molar-refractivity contribution in [3.05, 3.63) is 131 Å². The van der Waals surface area contributed by atoms with E-state index in [4.69, 9.17) is 54.8 Å². The molecule has 0 spiro atoms. The standard InChI is InChI=1S/C50H52N2O13S2/c1-29(54)58-27-42-47(60-31(3)56)48(61-32(4)57)46(59-30(2)55)41(63-42)24-43(66)51-25-33-15-21-38(22-16-33)49-62-39(23-40(64-49)35-19-17-34(26-53)18-20-35)28-67-50-52-44(36-11-7-5-8-12-36)45(65-50)37-13-9-6-10-14-37/h5-22,39-42,46-49,53H,23-28H2,1-4H3,(H,51,66). The number of hydrogen-bond donors (Lipinski definition) is 2. The average Bonchev–Trinajstić information content (AvgIpc) is 3.76. The third kappa shape index (κ3) is 13.4. The number of thiocarbonyl (C=S) groups is 1.